The molecule has 0 aliphatic carbocycles. The van der Waals surface area contributed by atoms with Gasteiger partial charge in [-0.1, -0.05) is 0 Å². The minimum Gasteiger partial charge on any atom is -0.392 e. The second-order valence-corrected chi connectivity index (χ2v) is 4.51. The van der Waals surface area contributed by atoms with Crippen LogP contribution in [0.4, 0.5) is 0 Å². The summed E-state index contributed by atoms with van der Waals surface area (Å²) < 4.78 is 23.9. The third-order valence-electron chi connectivity index (χ3n) is 0.945. The van der Waals surface area contributed by atoms with Crippen LogP contribution in [0.2, 0.25) is 0 Å². The second kappa shape index (κ2) is 4.92. The summed E-state index contributed by atoms with van der Waals surface area (Å²) in [6.07, 6.45) is -0.667. The van der Waals surface area contributed by atoms with Crippen molar-refractivity contribution in [3.05, 3.63) is 0 Å². The van der Waals surface area contributed by atoms with Crippen LogP contribution in [0.1, 0.15) is 6.92 Å². The average molecular weight is 202 g/mol. The molecule has 11 heavy (non-hydrogen) atoms. The number of aliphatic hydroxyl groups is 1. The summed E-state index contributed by atoms with van der Waals surface area (Å²) >= 11 is 5.22. The van der Waals surface area contributed by atoms with Crippen molar-refractivity contribution in [3.63, 3.8) is 0 Å². The van der Waals surface area contributed by atoms with E-state index in [4.69, 9.17) is 16.7 Å². The standard InChI is InChI=1S/C5H12ClNO3S/c1-5(8)4-7-11(9,10)3-2-6/h5,7-8H,2-4H2,1H3/t5-/m0/s1. The van der Waals surface area contributed by atoms with E-state index in [1.165, 1.54) is 6.92 Å². The molecule has 0 aromatic heterocycles. The van der Waals surface area contributed by atoms with Gasteiger partial charge in [0.15, 0.2) is 0 Å². The van der Waals surface area contributed by atoms with Crippen molar-refractivity contribution in [3.8, 4) is 0 Å². The fourth-order valence-electron chi connectivity index (χ4n) is 0.421. The minimum absolute atomic E-state index is 0.0409. The number of nitrogens with one attached hydrogen (secondary N) is 1. The summed E-state index contributed by atoms with van der Waals surface area (Å²) in [6.45, 7) is 1.54. The lowest BCUT2D eigenvalue weighted by molar-refractivity contribution is 0.198. The molecule has 0 fully saturated rings. The molecule has 0 aromatic carbocycles. The van der Waals surface area contributed by atoms with Crippen molar-refractivity contribution < 1.29 is 13.5 Å². The van der Waals surface area contributed by atoms with E-state index >= 15 is 0 Å². The molecule has 0 aromatic rings. The average Bonchev–Trinajstić information content (AvgIpc) is 1.84. The number of aliphatic hydroxyl groups excluding tert-OH is 1. The van der Waals surface area contributed by atoms with Gasteiger partial charge in [-0.2, -0.15) is 0 Å². The first-order valence-corrected chi connectivity index (χ1v) is 5.38. The Labute approximate surface area is 71.6 Å². The molecular weight excluding hydrogens is 190 g/mol. The van der Waals surface area contributed by atoms with Crippen LogP contribution in [0.15, 0.2) is 0 Å². The minimum atomic E-state index is -3.27. The third kappa shape index (κ3) is 6.55. The molecule has 0 saturated carbocycles. The van der Waals surface area contributed by atoms with E-state index in [1.807, 2.05) is 0 Å². The molecule has 0 rings (SSSR count). The van der Waals surface area contributed by atoms with Gasteiger partial charge in [0.1, 0.15) is 0 Å². The van der Waals surface area contributed by atoms with Crippen LogP contribution in [0.5, 0.6) is 0 Å². The lowest BCUT2D eigenvalue weighted by atomic mass is 10.4. The molecule has 0 heterocycles. The zero-order valence-corrected chi connectivity index (χ0v) is 7.82. The molecule has 1 atom stereocenters. The SMILES string of the molecule is C[C@H](O)CNS(=O)(=O)CCCl. The van der Waals surface area contributed by atoms with Crippen molar-refractivity contribution >= 4 is 21.6 Å². The number of halogens is 1. The molecule has 0 aliphatic rings. The van der Waals surface area contributed by atoms with E-state index in [0.717, 1.165) is 0 Å². The van der Waals surface area contributed by atoms with E-state index in [0.29, 0.717) is 0 Å². The van der Waals surface area contributed by atoms with Crippen molar-refractivity contribution in [2.24, 2.45) is 0 Å². The first kappa shape index (κ1) is 11.2. The maximum Gasteiger partial charge on any atom is 0.212 e. The number of alkyl halides is 1. The highest BCUT2D eigenvalue weighted by atomic mass is 35.5. The summed E-state index contributed by atoms with van der Waals surface area (Å²) in [6, 6.07) is 0. The molecule has 0 saturated heterocycles. The predicted molar refractivity (Wildman–Crippen MR) is 44.2 cm³/mol. The van der Waals surface area contributed by atoms with E-state index in [2.05, 4.69) is 4.72 Å². The Morgan fingerprint density at radius 3 is 2.55 bits per heavy atom. The molecule has 2 N–H and O–H groups in total. The maximum atomic E-state index is 10.8. The van der Waals surface area contributed by atoms with Gasteiger partial charge >= 0.3 is 0 Å². The summed E-state index contributed by atoms with van der Waals surface area (Å²) in [5, 5.41) is 8.72. The van der Waals surface area contributed by atoms with Gasteiger partial charge in [0.2, 0.25) is 10.0 Å². The smallest absolute Gasteiger partial charge is 0.212 e. The van der Waals surface area contributed by atoms with Crippen molar-refractivity contribution in [1.82, 2.24) is 4.72 Å². The van der Waals surface area contributed by atoms with Crippen LogP contribution in [0.3, 0.4) is 0 Å². The van der Waals surface area contributed by atoms with Gasteiger partial charge in [-0.3, -0.25) is 0 Å². The van der Waals surface area contributed by atoms with Crippen LogP contribution in [-0.4, -0.2) is 37.8 Å². The Morgan fingerprint density at radius 1 is 1.64 bits per heavy atom. The number of sulfonamides is 1. The first-order valence-electron chi connectivity index (χ1n) is 3.19. The Hall–Kier alpha value is 0.160. The highest BCUT2D eigenvalue weighted by Crippen LogP contribution is 1.87. The van der Waals surface area contributed by atoms with Gasteiger partial charge in [-0.25, -0.2) is 13.1 Å². The Kier molecular flexibility index (Phi) is 4.99. The van der Waals surface area contributed by atoms with Crippen LogP contribution >= 0.6 is 11.6 Å². The van der Waals surface area contributed by atoms with Gasteiger partial charge in [-0.15, -0.1) is 11.6 Å². The fourth-order valence-corrected chi connectivity index (χ4v) is 1.87. The van der Waals surface area contributed by atoms with Gasteiger partial charge in [0, 0.05) is 12.4 Å². The molecule has 0 spiro atoms. The number of hydrogen-bond acceptors (Lipinski definition) is 3. The predicted octanol–water partition coefficient (Wildman–Crippen LogP) is -0.475. The number of hydrogen-bond donors (Lipinski definition) is 2. The zero-order chi connectivity index (χ0) is 8.91. The van der Waals surface area contributed by atoms with Gasteiger partial charge < -0.3 is 5.11 Å². The van der Waals surface area contributed by atoms with Gasteiger partial charge in [0.05, 0.1) is 11.9 Å². The van der Waals surface area contributed by atoms with Crippen molar-refractivity contribution in [1.29, 1.82) is 0 Å². The molecular formula is C5H12ClNO3S. The fraction of sp³-hybridized carbons (Fsp3) is 1.00. The second-order valence-electron chi connectivity index (χ2n) is 2.21. The first-order chi connectivity index (χ1) is 4.98. The zero-order valence-electron chi connectivity index (χ0n) is 6.25. The Balaban J connectivity index is 3.74. The molecule has 0 radical (unpaired) electrons. The summed E-state index contributed by atoms with van der Waals surface area (Å²) in [5.41, 5.74) is 0. The maximum absolute atomic E-state index is 10.8. The van der Waals surface area contributed by atoms with Crippen LogP contribution in [-0.2, 0) is 10.0 Å². The Morgan fingerprint density at radius 2 is 2.18 bits per heavy atom. The lowest BCUT2D eigenvalue weighted by Gasteiger charge is -2.05. The Bertz CT molecular complexity index is 190. The largest absolute Gasteiger partial charge is 0.392 e. The molecule has 0 bridgehead atoms. The van der Waals surface area contributed by atoms with Crippen LogP contribution in [0, 0.1) is 0 Å². The molecule has 0 aliphatic heterocycles. The van der Waals surface area contributed by atoms with Crippen LogP contribution in [0.25, 0.3) is 0 Å². The molecule has 0 unspecified atom stereocenters. The van der Waals surface area contributed by atoms with Gasteiger partial charge in [-0.05, 0) is 6.92 Å². The third-order valence-corrected chi connectivity index (χ3v) is 2.71. The molecule has 0 amide bonds. The monoisotopic (exact) mass is 201 g/mol. The highest BCUT2D eigenvalue weighted by molar-refractivity contribution is 7.89. The van der Waals surface area contributed by atoms with E-state index in [-0.39, 0.29) is 18.2 Å². The van der Waals surface area contributed by atoms with E-state index in [1.54, 1.807) is 0 Å². The lowest BCUT2D eigenvalue weighted by Crippen LogP contribution is -2.32. The van der Waals surface area contributed by atoms with E-state index < -0.39 is 16.1 Å². The van der Waals surface area contributed by atoms with Crippen molar-refractivity contribution in [2.75, 3.05) is 18.2 Å². The molecule has 4 nitrogen and oxygen atoms in total. The number of rotatable bonds is 5. The summed E-state index contributed by atoms with van der Waals surface area (Å²) in [5.74, 6) is -0.0452. The van der Waals surface area contributed by atoms with E-state index in [9.17, 15) is 8.42 Å². The topological polar surface area (TPSA) is 66.4 Å². The highest BCUT2D eigenvalue weighted by Gasteiger charge is 2.08. The molecule has 68 valence electrons. The normalized spacial score (nSPS) is 14.8. The van der Waals surface area contributed by atoms with Crippen molar-refractivity contribution in [2.45, 2.75) is 13.0 Å². The van der Waals surface area contributed by atoms with Gasteiger partial charge in [0.25, 0.3) is 0 Å². The summed E-state index contributed by atoms with van der Waals surface area (Å²) in [4.78, 5) is 0. The summed E-state index contributed by atoms with van der Waals surface area (Å²) in [7, 11) is -3.27. The quantitative estimate of drug-likeness (QED) is 0.591. The molecule has 6 heteroatoms. The van der Waals surface area contributed by atoms with Crippen LogP contribution < -0.4 is 4.72 Å².